The maximum absolute atomic E-state index is 11.9. The molecule has 1 fully saturated rings. The van der Waals surface area contributed by atoms with Gasteiger partial charge in [0.2, 0.25) is 5.88 Å². The molecular formula is C10H10N2O3S. The molecule has 6 heteroatoms. The van der Waals surface area contributed by atoms with E-state index in [0.29, 0.717) is 12.8 Å². The van der Waals surface area contributed by atoms with E-state index in [1.54, 1.807) is 6.07 Å². The fourth-order valence-corrected chi connectivity index (χ4v) is 3.14. The van der Waals surface area contributed by atoms with Gasteiger partial charge in [-0.3, -0.25) is 0 Å². The first kappa shape index (κ1) is 10.9. The Bertz CT molecular complexity index is 556. The molecule has 1 heterocycles. The minimum atomic E-state index is -3.37. The number of nitrogens with zero attached hydrogens (tertiary/aromatic N) is 2. The van der Waals surface area contributed by atoms with E-state index in [4.69, 9.17) is 10.00 Å². The average Bonchev–Trinajstić information content (AvgIpc) is 3.12. The molecule has 0 unspecified atom stereocenters. The van der Waals surface area contributed by atoms with Gasteiger partial charge < -0.3 is 4.74 Å². The highest BCUT2D eigenvalue weighted by molar-refractivity contribution is 7.92. The first-order valence-electron chi connectivity index (χ1n) is 4.78. The van der Waals surface area contributed by atoms with Crippen molar-refractivity contribution in [1.82, 2.24) is 4.98 Å². The molecule has 1 aliphatic carbocycles. The molecule has 1 saturated carbocycles. The Labute approximate surface area is 93.6 Å². The second-order valence-corrected chi connectivity index (χ2v) is 5.75. The lowest BCUT2D eigenvalue weighted by Gasteiger charge is -2.05. The second-order valence-electron chi connectivity index (χ2n) is 3.56. The van der Waals surface area contributed by atoms with E-state index in [1.165, 1.54) is 19.2 Å². The maximum Gasteiger partial charge on any atom is 0.214 e. The van der Waals surface area contributed by atoms with Gasteiger partial charge in [-0.05, 0) is 18.9 Å². The van der Waals surface area contributed by atoms with Crippen LogP contribution in [0.4, 0.5) is 0 Å². The Kier molecular flexibility index (Phi) is 2.56. The van der Waals surface area contributed by atoms with Gasteiger partial charge in [-0.2, -0.15) is 5.26 Å². The van der Waals surface area contributed by atoms with Crippen LogP contribution in [0.5, 0.6) is 5.88 Å². The minimum absolute atomic E-state index is 0.0123. The second kappa shape index (κ2) is 3.76. The molecule has 0 radical (unpaired) electrons. The number of nitriles is 1. The van der Waals surface area contributed by atoms with Crippen molar-refractivity contribution >= 4 is 9.84 Å². The van der Waals surface area contributed by atoms with Gasteiger partial charge >= 0.3 is 0 Å². The van der Waals surface area contributed by atoms with Gasteiger partial charge in [0.05, 0.1) is 12.4 Å². The van der Waals surface area contributed by atoms with Crippen LogP contribution in [0, 0.1) is 11.3 Å². The van der Waals surface area contributed by atoms with Crippen LogP contribution in [-0.4, -0.2) is 25.8 Å². The quantitative estimate of drug-likeness (QED) is 0.781. The SMILES string of the molecule is COc1ccc(S(=O)(=O)C2CC2)c(C#N)n1. The number of aromatic nitrogens is 1. The maximum atomic E-state index is 11.9. The Hall–Kier alpha value is -1.61. The van der Waals surface area contributed by atoms with Crippen molar-refractivity contribution in [2.24, 2.45) is 0 Å². The van der Waals surface area contributed by atoms with E-state index in [0.717, 1.165) is 0 Å². The Morgan fingerprint density at radius 2 is 2.19 bits per heavy atom. The third-order valence-electron chi connectivity index (χ3n) is 2.42. The van der Waals surface area contributed by atoms with Crippen LogP contribution >= 0.6 is 0 Å². The lowest BCUT2D eigenvalue weighted by molar-refractivity contribution is 0.396. The molecule has 0 N–H and O–H groups in total. The van der Waals surface area contributed by atoms with Crippen LogP contribution in [0.15, 0.2) is 17.0 Å². The summed E-state index contributed by atoms with van der Waals surface area (Å²) in [7, 11) is -1.96. The van der Waals surface area contributed by atoms with Gasteiger partial charge in [-0.25, -0.2) is 13.4 Å². The third kappa shape index (κ3) is 1.74. The average molecular weight is 238 g/mol. The Morgan fingerprint density at radius 1 is 1.50 bits per heavy atom. The van der Waals surface area contributed by atoms with E-state index in [-0.39, 0.29) is 21.7 Å². The molecule has 1 aliphatic rings. The van der Waals surface area contributed by atoms with Crippen molar-refractivity contribution in [2.45, 2.75) is 23.0 Å². The van der Waals surface area contributed by atoms with Crippen LogP contribution < -0.4 is 4.74 Å². The zero-order valence-corrected chi connectivity index (χ0v) is 9.49. The standard InChI is InChI=1S/C10H10N2O3S/c1-15-10-5-4-9(8(6-11)12-10)16(13,14)7-2-3-7/h4-5,7H,2-3H2,1H3. The normalized spacial score (nSPS) is 15.5. The summed E-state index contributed by atoms with van der Waals surface area (Å²) in [6, 6.07) is 4.63. The molecule has 1 aromatic heterocycles. The highest BCUT2D eigenvalue weighted by atomic mass is 32.2. The molecule has 0 bridgehead atoms. The van der Waals surface area contributed by atoms with Crippen LogP contribution in [0.25, 0.3) is 0 Å². The van der Waals surface area contributed by atoms with Crippen molar-refractivity contribution in [3.63, 3.8) is 0 Å². The molecule has 0 aliphatic heterocycles. The first-order chi connectivity index (χ1) is 7.59. The summed E-state index contributed by atoms with van der Waals surface area (Å²) in [6.07, 6.45) is 1.33. The Morgan fingerprint density at radius 3 is 2.69 bits per heavy atom. The fourth-order valence-electron chi connectivity index (χ4n) is 1.41. The summed E-state index contributed by atoms with van der Waals surface area (Å²) in [5.74, 6) is 0.242. The smallest absolute Gasteiger partial charge is 0.214 e. The Balaban J connectivity index is 2.53. The highest BCUT2D eigenvalue weighted by Gasteiger charge is 2.38. The molecule has 0 saturated heterocycles. The topological polar surface area (TPSA) is 80.0 Å². The van der Waals surface area contributed by atoms with Crippen molar-refractivity contribution in [2.75, 3.05) is 7.11 Å². The minimum Gasteiger partial charge on any atom is -0.481 e. The van der Waals surface area contributed by atoms with Gasteiger partial charge in [0, 0.05) is 6.07 Å². The summed E-state index contributed by atoms with van der Waals surface area (Å²) in [4.78, 5) is 3.84. The lowest BCUT2D eigenvalue weighted by atomic mass is 10.4. The largest absolute Gasteiger partial charge is 0.481 e. The van der Waals surface area contributed by atoms with Crippen LogP contribution in [0.1, 0.15) is 18.5 Å². The fraction of sp³-hybridized carbons (Fsp3) is 0.400. The van der Waals surface area contributed by atoms with E-state index in [2.05, 4.69) is 4.98 Å². The molecular weight excluding hydrogens is 228 g/mol. The van der Waals surface area contributed by atoms with Crippen LogP contribution in [0.2, 0.25) is 0 Å². The molecule has 0 aromatic carbocycles. The highest BCUT2D eigenvalue weighted by Crippen LogP contribution is 2.34. The molecule has 16 heavy (non-hydrogen) atoms. The van der Waals surface area contributed by atoms with Gasteiger partial charge in [0.15, 0.2) is 15.5 Å². The zero-order chi connectivity index (χ0) is 11.8. The number of rotatable bonds is 3. The molecule has 1 aromatic rings. The van der Waals surface area contributed by atoms with Crippen LogP contribution in [0.3, 0.4) is 0 Å². The summed E-state index contributed by atoms with van der Waals surface area (Å²) in [5.41, 5.74) is -0.0914. The number of ether oxygens (including phenoxy) is 1. The van der Waals surface area contributed by atoms with Gasteiger partial charge in [0.1, 0.15) is 11.0 Å². The van der Waals surface area contributed by atoms with E-state index in [9.17, 15) is 8.42 Å². The van der Waals surface area contributed by atoms with Crippen molar-refractivity contribution < 1.29 is 13.2 Å². The lowest BCUT2D eigenvalue weighted by Crippen LogP contribution is -2.10. The first-order valence-corrected chi connectivity index (χ1v) is 6.33. The van der Waals surface area contributed by atoms with Gasteiger partial charge in [-0.1, -0.05) is 0 Å². The van der Waals surface area contributed by atoms with Crippen LogP contribution in [-0.2, 0) is 9.84 Å². The molecule has 84 valence electrons. The molecule has 0 amide bonds. The summed E-state index contributed by atoms with van der Waals surface area (Å²) in [6.45, 7) is 0. The molecule has 5 nitrogen and oxygen atoms in total. The number of pyridine rings is 1. The predicted octanol–water partition coefficient (Wildman–Crippen LogP) is 0.898. The summed E-state index contributed by atoms with van der Waals surface area (Å²) >= 11 is 0. The monoisotopic (exact) mass is 238 g/mol. The van der Waals surface area contributed by atoms with Gasteiger partial charge in [-0.15, -0.1) is 0 Å². The zero-order valence-electron chi connectivity index (χ0n) is 8.67. The predicted molar refractivity (Wildman–Crippen MR) is 55.7 cm³/mol. The molecule has 0 atom stereocenters. The van der Waals surface area contributed by atoms with E-state index in [1.807, 2.05) is 0 Å². The molecule has 2 rings (SSSR count). The van der Waals surface area contributed by atoms with Crippen molar-refractivity contribution in [3.05, 3.63) is 17.8 Å². The van der Waals surface area contributed by atoms with Crippen molar-refractivity contribution in [1.29, 1.82) is 5.26 Å². The molecule has 0 spiro atoms. The summed E-state index contributed by atoms with van der Waals surface area (Å²) in [5, 5.41) is 8.53. The number of methoxy groups -OCH3 is 1. The number of sulfone groups is 1. The van der Waals surface area contributed by atoms with Crippen molar-refractivity contribution in [3.8, 4) is 11.9 Å². The third-order valence-corrected chi connectivity index (χ3v) is 4.71. The summed E-state index contributed by atoms with van der Waals surface area (Å²) < 4.78 is 28.7. The number of hydrogen-bond donors (Lipinski definition) is 0. The number of hydrogen-bond acceptors (Lipinski definition) is 5. The van der Waals surface area contributed by atoms with E-state index >= 15 is 0 Å². The van der Waals surface area contributed by atoms with Gasteiger partial charge in [0.25, 0.3) is 0 Å². The van der Waals surface area contributed by atoms with E-state index < -0.39 is 9.84 Å².